The first-order valence-corrected chi connectivity index (χ1v) is 4.37. The van der Waals surface area contributed by atoms with Gasteiger partial charge in [-0.3, -0.25) is 4.99 Å². The van der Waals surface area contributed by atoms with E-state index in [1.807, 2.05) is 18.9 Å². The lowest BCUT2D eigenvalue weighted by atomic mass is 10.5. The van der Waals surface area contributed by atoms with Crippen LogP contribution in [0.3, 0.4) is 0 Å². The third kappa shape index (κ3) is 5.60. The molecule has 0 saturated heterocycles. The Bertz CT molecular complexity index is 204. The van der Waals surface area contributed by atoms with Gasteiger partial charge in [0.25, 0.3) is 0 Å². The van der Waals surface area contributed by atoms with Crippen LogP contribution in [-0.2, 0) is 4.74 Å². The molecule has 0 spiro atoms. The molecule has 0 aliphatic carbocycles. The van der Waals surface area contributed by atoms with Crippen molar-refractivity contribution in [2.24, 2.45) is 9.98 Å². The molecular formula is C8H16ClN3O. The molecule has 0 rings (SSSR count). The number of amidine groups is 2. The molecule has 0 N–H and O–H groups in total. The molecule has 13 heavy (non-hydrogen) atoms. The summed E-state index contributed by atoms with van der Waals surface area (Å²) < 4.78 is 4.93. The van der Waals surface area contributed by atoms with Crippen LogP contribution in [0.2, 0.25) is 0 Å². The van der Waals surface area contributed by atoms with Crippen molar-refractivity contribution in [3.63, 3.8) is 0 Å². The summed E-state index contributed by atoms with van der Waals surface area (Å²) in [5.41, 5.74) is 0. The highest BCUT2D eigenvalue weighted by Crippen LogP contribution is 1.92. The predicted octanol–water partition coefficient (Wildman–Crippen LogP) is 1.21. The third-order valence-electron chi connectivity index (χ3n) is 1.62. The van der Waals surface area contributed by atoms with Crippen LogP contribution >= 0.6 is 11.6 Å². The van der Waals surface area contributed by atoms with Crippen molar-refractivity contribution in [1.29, 1.82) is 0 Å². The average molecular weight is 206 g/mol. The van der Waals surface area contributed by atoms with Crippen LogP contribution in [0.25, 0.3) is 0 Å². The number of aliphatic imine (C=N–C) groups is 2. The largest absolute Gasteiger partial charge is 0.383 e. The van der Waals surface area contributed by atoms with Crippen molar-refractivity contribution in [3.05, 3.63) is 0 Å². The van der Waals surface area contributed by atoms with Gasteiger partial charge in [0.1, 0.15) is 5.84 Å². The fourth-order valence-corrected chi connectivity index (χ4v) is 0.781. The second-order valence-corrected chi connectivity index (χ2v) is 2.90. The second-order valence-electron chi connectivity index (χ2n) is 2.57. The van der Waals surface area contributed by atoms with E-state index >= 15 is 0 Å². The van der Waals surface area contributed by atoms with Crippen LogP contribution in [0.4, 0.5) is 0 Å². The number of hydrogen-bond acceptors (Lipinski definition) is 2. The molecule has 0 unspecified atom stereocenters. The maximum Gasteiger partial charge on any atom is 0.219 e. The van der Waals surface area contributed by atoms with Gasteiger partial charge in [-0.25, -0.2) is 4.99 Å². The van der Waals surface area contributed by atoms with Crippen LogP contribution in [0.5, 0.6) is 0 Å². The standard InChI is InChI=1S/C8H16ClN3O/c1-7(11-8(9)10-2)12(3)5-6-13-4/h5-6H2,1-4H3. The number of hydrogen-bond donors (Lipinski definition) is 0. The van der Waals surface area contributed by atoms with Gasteiger partial charge in [-0.1, -0.05) is 0 Å². The van der Waals surface area contributed by atoms with Crippen LogP contribution < -0.4 is 0 Å². The highest BCUT2D eigenvalue weighted by atomic mass is 35.5. The second kappa shape index (κ2) is 6.86. The van der Waals surface area contributed by atoms with E-state index in [1.54, 1.807) is 14.2 Å². The summed E-state index contributed by atoms with van der Waals surface area (Å²) in [5.74, 6) is 0.827. The molecule has 5 heteroatoms. The van der Waals surface area contributed by atoms with Gasteiger partial charge < -0.3 is 9.64 Å². The summed E-state index contributed by atoms with van der Waals surface area (Å²) >= 11 is 5.64. The van der Waals surface area contributed by atoms with Gasteiger partial charge in [0.15, 0.2) is 0 Å². The van der Waals surface area contributed by atoms with Gasteiger partial charge in [-0.2, -0.15) is 0 Å². The number of ether oxygens (including phenoxy) is 1. The normalized spacial score (nSPS) is 13.3. The Morgan fingerprint density at radius 3 is 2.62 bits per heavy atom. The number of rotatable bonds is 3. The summed E-state index contributed by atoms with van der Waals surface area (Å²) in [6.07, 6.45) is 0. The molecule has 0 aliphatic rings. The van der Waals surface area contributed by atoms with E-state index in [4.69, 9.17) is 16.3 Å². The van der Waals surface area contributed by atoms with Crippen molar-refractivity contribution >= 4 is 22.7 Å². The van der Waals surface area contributed by atoms with Crippen molar-refractivity contribution in [2.45, 2.75) is 6.92 Å². The van der Waals surface area contributed by atoms with Crippen molar-refractivity contribution < 1.29 is 4.74 Å². The molecule has 0 bridgehead atoms. The summed E-state index contributed by atoms with van der Waals surface area (Å²) in [7, 11) is 5.20. The molecule has 0 atom stereocenters. The molecule has 0 fully saturated rings. The quantitative estimate of drug-likeness (QED) is 0.395. The topological polar surface area (TPSA) is 37.2 Å². The monoisotopic (exact) mass is 205 g/mol. The number of likely N-dealkylation sites (N-methyl/N-ethyl adjacent to an activating group) is 1. The predicted molar refractivity (Wildman–Crippen MR) is 56.8 cm³/mol. The number of nitrogens with zero attached hydrogens (tertiary/aromatic N) is 3. The first kappa shape index (κ1) is 12.4. The van der Waals surface area contributed by atoms with E-state index in [0.717, 1.165) is 12.4 Å². The molecule has 0 aromatic carbocycles. The molecule has 0 radical (unpaired) electrons. The molecule has 0 aliphatic heterocycles. The molecular weight excluding hydrogens is 190 g/mol. The van der Waals surface area contributed by atoms with E-state index in [2.05, 4.69) is 9.98 Å². The first-order chi connectivity index (χ1) is 6.11. The molecule has 0 aromatic rings. The SMILES string of the molecule is CN=C(Cl)N=C(C)N(C)CCOC. The lowest BCUT2D eigenvalue weighted by Gasteiger charge is -2.17. The molecule has 0 saturated carbocycles. The summed E-state index contributed by atoms with van der Waals surface area (Å²) in [6, 6.07) is 0. The fourth-order valence-electron chi connectivity index (χ4n) is 0.659. The molecule has 76 valence electrons. The van der Waals surface area contributed by atoms with Gasteiger partial charge >= 0.3 is 0 Å². The van der Waals surface area contributed by atoms with E-state index in [0.29, 0.717) is 6.61 Å². The van der Waals surface area contributed by atoms with Gasteiger partial charge in [0.05, 0.1) is 6.61 Å². The Morgan fingerprint density at radius 2 is 2.15 bits per heavy atom. The first-order valence-electron chi connectivity index (χ1n) is 3.99. The van der Waals surface area contributed by atoms with E-state index in [1.165, 1.54) is 0 Å². The van der Waals surface area contributed by atoms with Crippen LogP contribution in [0, 0.1) is 0 Å². The van der Waals surface area contributed by atoms with Crippen molar-refractivity contribution in [2.75, 3.05) is 34.4 Å². The third-order valence-corrected chi connectivity index (χ3v) is 1.88. The lowest BCUT2D eigenvalue weighted by molar-refractivity contribution is 0.182. The zero-order chi connectivity index (χ0) is 10.3. The maximum atomic E-state index is 5.64. The maximum absolute atomic E-state index is 5.64. The Kier molecular flexibility index (Phi) is 6.54. The Morgan fingerprint density at radius 1 is 1.54 bits per heavy atom. The van der Waals surface area contributed by atoms with Crippen LogP contribution in [0.15, 0.2) is 9.98 Å². The molecule has 0 aromatic heterocycles. The zero-order valence-corrected chi connectivity index (χ0v) is 9.30. The van der Waals surface area contributed by atoms with E-state index < -0.39 is 0 Å². The van der Waals surface area contributed by atoms with Crippen LogP contribution in [-0.4, -0.2) is 50.4 Å². The average Bonchev–Trinajstić information content (AvgIpc) is 2.13. The molecule has 0 heterocycles. The summed E-state index contributed by atoms with van der Waals surface area (Å²) in [6.45, 7) is 3.34. The minimum Gasteiger partial charge on any atom is -0.383 e. The van der Waals surface area contributed by atoms with Gasteiger partial charge in [0.2, 0.25) is 5.29 Å². The Balaban J connectivity index is 4.08. The molecule has 0 amide bonds. The van der Waals surface area contributed by atoms with Crippen molar-refractivity contribution in [3.8, 4) is 0 Å². The summed E-state index contributed by atoms with van der Waals surface area (Å²) in [4.78, 5) is 9.73. The zero-order valence-electron chi connectivity index (χ0n) is 8.54. The Labute approximate surface area is 84.3 Å². The van der Waals surface area contributed by atoms with Crippen molar-refractivity contribution in [1.82, 2.24) is 4.90 Å². The van der Waals surface area contributed by atoms with Gasteiger partial charge in [-0.05, 0) is 18.5 Å². The number of halogens is 1. The highest BCUT2D eigenvalue weighted by Gasteiger charge is 2.00. The fraction of sp³-hybridized carbons (Fsp3) is 0.750. The Hall–Kier alpha value is -0.610. The minimum atomic E-state index is 0.266. The summed E-state index contributed by atoms with van der Waals surface area (Å²) in [5, 5.41) is 0.266. The molecule has 4 nitrogen and oxygen atoms in total. The van der Waals surface area contributed by atoms with E-state index in [-0.39, 0.29) is 5.29 Å². The number of methoxy groups -OCH3 is 1. The lowest BCUT2D eigenvalue weighted by Crippen LogP contribution is -2.28. The minimum absolute atomic E-state index is 0.266. The van der Waals surface area contributed by atoms with Gasteiger partial charge in [-0.15, -0.1) is 0 Å². The van der Waals surface area contributed by atoms with Gasteiger partial charge in [0, 0.05) is 27.7 Å². The smallest absolute Gasteiger partial charge is 0.219 e. The van der Waals surface area contributed by atoms with E-state index in [9.17, 15) is 0 Å². The highest BCUT2D eigenvalue weighted by molar-refractivity contribution is 6.65. The van der Waals surface area contributed by atoms with Crippen LogP contribution in [0.1, 0.15) is 6.92 Å².